The van der Waals surface area contributed by atoms with Gasteiger partial charge >= 0.3 is 0 Å². The third kappa shape index (κ3) is 2.11. The fourth-order valence-electron chi connectivity index (χ4n) is 2.96. The van der Waals surface area contributed by atoms with Gasteiger partial charge in [-0.25, -0.2) is 9.97 Å². The van der Waals surface area contributed by atoms with E-state index in [-0.39, 0.29) is 0 Å². The third-order valence-corrected chi connectivity index (χ3v) is 4.23. The lowest BCUT2D eigenvalue weighted by Gasteiger charge is -2.25. The van der Waals surface area contributed by atoms with E-state index >= 15 is 0 Å². The van der Waals surface area contributed by atoms with Gasteiger partial charge in [0.25, 0.3) is 0 Å². The summed E-state index contributed by atoms with van der Waals surface area (Å²) in [4.78, 5) is 13.4. The summed E-state index contributed by atoms with van der Waals surface area (Å²) in [6, 6.07) is 1.40. The largest absolute Gasteiger partial charge is 0.339 e. The summed E-state index contributed by atoms with van der Waals surface area (Å²) in [5.41, 5.74) is 0. The molecule has 0 aliphatic carbocycles. The van der Waals surface area contributed by atoms with Gasteiger partial charge in [0.05, 0.1) is 17.4 Å². The van der Waals surface area contributed by atoms with Crippen molar-refractivity contribution in [3.63, 3.8) is 0 Å². The van der Waals surface area contributed by atoms with Crippen LogP contribution in [0, 0.1) is 0 Å². The molecule has 1 aromatic heterocycles. The van der Waals surface area contributed by atoms with Crippen LogP contribution in [-0.4, -0.2) is 47.1 Å². The molecule has 0 amide bonds. The summed E-state index contributed by atoms with van der Waals surface area (Å²) in [6.07, 6.45) is 7.20. The molecule has 0 saturated carbocycles. The first-order valence-corrected chi connectivity index (χ1v) is 6.56. The average Bonchev–Trinajstić information content (AvgIpc) is 2.55. The maximum Gasteiger partial charge on any atom is 0.225 e. The Bertz CT molecular complexity index is 394. The van der Waals surface area contributed by atoms with Crippen LogP contribution in [0.5, 0.6) is 0 Å². The molecule has 0 N–H and O–H groups in total. The summed E-state index contributed by atoms with van der Waals surface area (Å²) in [6.45, 7) is 2.09. The second-order valence-electron chi connectivity index (χ2n) is 4.99. The molecule has 5 heteroatoms. The van der Waals surface area contributed by atoms with Gasteiger partial charge in [0.1, 0.15) is 0 Å². The van der Waals surface area contributed by atoms with Crippen molar-refractivity contribution in [1.29, 1.82) is 0 Å². The Hall–Kier alpha value is -0.870. The van der Waals surface area contributed by atoms with Crippen molar-refractivity contribution in [2.45, 2.75) is 31.3 Å². The molecule has 0 spiro atoms. The Kier molecular flexibility index (Phi) is 2.92. The molecule has 3 heterocycles. The first-order chi connectivity index (χ1) is 8.24. The summed E-state index contributed by atoms with van der Waals surface area (Å²) < 4.78 is 0. The number of aromatic nitrogens is 2. The molecule has 2 bridgehead atoms. The topological polar surface area (TPSA) is 32.3 Å². The number of hydrogen-bond acceptors (Lipinski definition) is 4. The quantitative estimate of drug-likeness (QED) is 0.763. The van der Waals surface area contributed by atoms with E-state index in [1.54, 1.807) is 12.4 Å². The van der Waals surface area contributed by atoms with Crippen LogP contribution in [0.4, 0.5) is 5.95 Å². The van der Waals surface area contributed by atoms with E-state index in [1.165, 1.54) is 19.3 Å². The SMILES string of the molecule is CN1C2CCC1CN(c1ncc(Cl)cn1)CC2. The Morgan fingerprint density at radius 3 is 2.65 bits per heavy atom. The molecule has 2 saturated heterocycles. The van der Waals surface area contributed by atoms with Gasteiger partial charge in [0, 0.05) is 25.2 Å². The molecule has 2 fully saturated rings. The first-order valence-electron chi connectivity index (χ1n) is 6.18. The number of likely N-dealkylation sites (N-methyl/N-ethyl adjacent to an activating group) is 1. The molecule has 1 aromatic rings. The van der Waals surface area contributed by atoms with Gasteiger partial charge < -0.3 is 4.90 Å². The highest BCUT2D eigenvalue weighted by molar-refractivity contribution is 6.30. The van der Waals surface area contributed by atoms with E-state index in [1.807, 2.05) is 0 Å². The number of halogens is 1. The summed E-state index contributed by atoms with van der Waals surface area (Å²) in [7, 11) is 2.24. The zero-order valence-corrected chi connectivity index (χ0v) is 10.8. The molecule has 0 radical (unpaired) electrons. The lowest BCUT2D eigenvalue weighted by molar-refractivity contribution is 0.254. The standard InChI is InChI=1S/C12H17ClN4/c1-16-10-2-3-11(16)8-17(5-4-10)12-14-6-9(13)7-15-12/h6-7,10-11H,2-5,8H2,1H3. The highest BCUT2D eigenvalue weighted by atomic mass is 35.5. The minimum Gasteiger partial charge on any atom is -0.339 e. The smallest absolute Gasteiger partial charge is 0.225 e. The molecular weight excluding hydrogens is 236 g/mol. The molecule has 2 aliphatic rings. The van der Waals surface area contributed by atoms with Crippen LogP contribution in [0.25, 0.3) is 0 Å². The van der Waals surface area contributed by atoms with Crippen LogP contribution in [0.1, 0.15) is 19.3 Å². The molecule has 2 atom stereocenters. The Balaban J connectivity index is 1.79. The molecule has 2 unspecified atom stereocenters. The van der Waals surface area contributed by atoms with Crippen LogP contribution in [-0.2, 0) is 0 Å². The van der Waals surface area contributed by atoms with Crippen molar-refractivity contribution in [2.75, 3.05) is 25.0 Å². The van der Waals surface area contributed by atoms with E-state index < -0.39 is 0 Å². The number of rotatable bonds is 1. The van der Waals surface area contributed by atoms with E-state index in [0.29, 0.717) is 11.1 Å². The maximum atomic E-state index is 5.82. The van der Waals surface area contributed by atoms with Crippen LogP contribution in [0.15, 0.2) is 12.4 Å². The second-order valence-corrected chi connectivity index (χ2v) is 5.42. The minimum atomic E-state index is 0.599. The van der Waals surface area contributed by atoms with Crippen LogP contribution in [0.3, 0.4) is 0 Å². The average molecular weight is 253 g/mol. The maximum absolute atomic E-state index is 5.82. The Labute approximate surface area is 107 Å². The fraction of sp³-hybridized carbons (Fsp3) is 0.667. The number of hydrogen-bond donors (Lipinski definition) is 0. The Morgan fingerprint density at radius 2 is 1.88 bits per heavy atom. The second kappa shape index (κ2) is 4.42. The zero-order valence-electron chi connectivity index (χ0n) is 10.0. The normalized spacial score (nSPS) is 29.4. The molecule has 17 heavy (non-hydrogen) atoms. The van der Waals surface area contributed by atoms with Gasteiger partial charge in [-0.2, -0.15) is 0 Å². The van der Waals surface area contributed by atoms with Gasteiger partial charge in [0.15, 0.2) is 0 Å². The summed E-state index contributed by atoms with van der Waals surface area (Å²) in [5, 5.41) is 0.599. The van der Waals surface area contributed by atoms with Gasteiger partial charge in [-0.1, -0.05) is 11.6 Å². The van der Waals surface area contributed by atoms with E-state index in [9.17, 15) is 0 Å². The number of nitrogens with zero attached hydrogens (tertiary/aromatic N) is 4. The highest BCUT2D eigenvalue weighted by Gasteiger charge is 2.35. The van der Waals surface area contributed by atoms with Crippen molar-refractivity contribution in [1.82, 2.24) is 14.9 Å². The van der Waals surface area contributed by atoms with Crippen LogP contribution < -0.4 is 4.90 Å². The number of anilines is 1. The van der Waals surface area contributed by atoms with Gasteiger partial charge in [-0.3, -0.25) is 4.90 Å². The van der Waals surface area contributed by atoms with Crippen LogP contribution in [0.2, 0.25) is 5.02 Å². The lowest BCUT2D eigenvalue weighted by Crippen LogP contribution is -2.37. The molecular formula is C12H17ClN4. The molecule has 4 nitrogen and oxygen atoms in total. The number of fused-ring (bicyclic) bond motifs is 2. The lowest BCUT2D eigenvalue weighted by atomic mass is 10.1. The highest BCUT2D eigenvalue weighted by Crippen LogP contribution is 2.29. The molecule has 92 valence electrons. The summed E-state index contributed by atoms with van der Waals surface area (Å²) in [5.74, 6) is 0.815. The van der Waals surface area contributed by atoms with E-state index in [2.05, 4.69) is 26.8 Å². The van der Waals surface area contributed by atoms with E-state index in [4.69, 9.17) is 11.6 Å². The van der Waals surface area contributed by atoms with E-state index in [0.717, 1.165) is 25.1 Å². The first kappa shape index (κ1) is 11.2. The van der Waals surface area contributed by atoms with Crippen molar-refractivity contribution in [3.8, 4) is 0 Å². The minimum absolute atomic E-state index is 0.599. The monoisotopic (exact) mass is 252 g/mol. The van der Waals surface area contributed by atoms with Crippen molar-refractivity contribution in [3.05, 3.63) is 17.4 Å². The molecule has 2 aliphatic heterocycles. The molecule has 3 rings (SSSR count). The van der Waals surface area contributed by atoms with Gasteiger partial charge in [-0.05, 0) is 26.3 Å². The molecule has 0 aromatic carbocycles. The third-order valence-electron chi connectivity index (χ3n) is 4.04. The zero-order chi connectivity index (χ0) is 11.8. The van der Waals surface area contributed by atoms with Gasteiger partial charge in [-0.15, -0.1) is 0 Å². The van der Waals surface area contributed by atoms with Gasteiger partial charge in [0.2, 0.25) is 5.95 Å². The van der Waals surface area contributed by atoms with Crippen molar-refractivity contribution >= 4 is 17.5 Å². The Morgan fingerprint density at radius 1 is 1.18 bits per heavy atom. The predicted molar refractivity (Wildman–Crippen MR) is 68.4 cm³/mol. The van der Waals surface area contributed by atoms with Crippen molar-refractivity contribution in [2.24, 2.45) is 0 Å². The predicted octanol–water partition coefficient (Wildman–Crippen LogP) is 1.80. The fourth-order valence-corrected chi connectivity index (χ4v) is 3.06. The summed E-state index contributed by atoms with van der Waals surface area (Å²) >= 11 is 5.82. The van der Waals surface area contributed by atoms with Crippen LogP contribution >= 0.6 is 11.6 Å². The van der Waals surface area contributed by atoms with Crippen molar-refractivity contribution < 1.29 is 0 Å².